The van der Waals surface area contributed by atoms with Crippen molar-refractivity contribution in [3.05, 3.63) is 45.7 Å². The Bertz CT molecular complexity index is 829. The molecule has 130 valence electrons. The van der Waals surface area contributed by atoms with E-state index in [1.807, 2.05) is 0 Å². The van der Waals surface area contributed by atoms with Gasteiger partial charge in [0.15, 0.2) is 24.0 Å². The van der Waals surface area contributed by atoms with Gasteiger partial charge in [0.25, 0.3) is 5.88 Å². The lowest BCUT2D eigenvalue weighted by Crippen LogP contribution is -2.15. The maximum atomic E-state index is 13.6. The zero-order valence-corrected chi connectivity index (χ0v) is 13.6. The first-order valence-corrected chi connectivity index (χ1v) is 7.25. The average molecular weight is 368 g/mol. The van der Waals surface area contributed by atoms with Crippen LogP contribution in [-0.2, 0) is 9.53 Å². The molecule has 0 atom stereocenters. The van der Waals surface area contributed by atoms with Gasteiger partial charge < -0.3 is 14.2 Å². The molecular weight excluding hydrogens is 357 g/mol. The molecule has 2 aromatic heterocycles. The summed E-state index contributed by atoms with van der Waals surface area (Å²) in [6.07, 6.45) is 1.42. The van der Waals surface area contributed by atoms with Gasteiger partial charge in [-0.2, -0.15) is 0 Å². The van der Waals surface area contributed by atoms with E-state index in [0.29, 0.717) is 0 Å². The predicted molar refractivity (Wildman–Crippen MR) is 84.5 cm³/mol. The first kappa shape index (κ1) is 18.2. The van der Waals surface area contributed by atoms with Crippen molar-refractivity contribution in [2.75, 3.05) is 13.2 Å². The van der Waals surface area contributed by atoms with Gasteiger partial charge in [-0.05, 0) is 29.7 Å². The Kier molecular flexibility index (Phi) is 6.33. The Morgan fingerprint density at radius 2 is 2.28 bits per heavy atom. The van der Waals surface area contributed by atoms with Gasteiger partial charge in [0.1, 0.15) is 5.02 Å². The van der Waals surface area contributed by atoms with Gasteiger partial charge >= 0.3 is 5.97 Å². The third kappa shape index (κ3) is 4.93. The van der Waals surface area contributed by atoms with Crippen molar-refractivity contribution in [1.29, 1.82) is 0 Å². The van der Waals surface area contributed by atoms with E-state index >= 15 is 0 Å². The van der Waals surface area contributed by atoms with Crippen LogP contribution in [0.5, 0.6) is 17.5 Å². The lowest BCUT2D eigenvalue weighted by molar-refractivity contribution is -0.145. The molecule has 0 saturated heterocycles. The largest absolute Gasteiger partial charge is 0.463 e. The number of hydrogen-bond acceptors (Lipinski definition) is 7. The molecule has 0 bridgehead atoms. The first-order valence-electron chi connectivity index (χ1n) is 6.87. The van der Waals surface area contributed by atoms with E-state index in [0.717, 1.165) is 6.07 Å². The van der Waals surface area contributed by atoms with Crippen LogP contribution in [0.25, 0.3) is 10.4 Å². The monoisotopic (exact) mass is 367 g/mol. The maximum Gasteiger partial charge on any atom is 0.344 e. The normalized spacial score (nSPS) is 9.88. The summed E-state index contributed by atoms with van der Waals surface area (Å²) in [5.74, 6) is -2.19. The highest BCUT2D eigenvalue weighted by atomic mass is 35.5. The summed E-state index contributed by atoms with van der Waals surface area (Å²) in [6.45, 7) is 1.50. The fourth-order valence-electron chi connectivity index (χ4n) is 1.62. The highest BCUT2D eigenvalue weighted by Gasteiger charge is 2.15. The smallest absolute Gasteiger partial charge is 0.344 e. The number of carbonyl (C=O) groups excluding carboxylic acids is 1. The summed E-state index contributed by atoms with van der Waals surface area (Å²) in [4.78, 5) is 21.4. The van der Waals surface area contributed by atoms with Crippen molar-refractivity contribution < 1.29 is 23.4 Å². The first-order chi connectivity index (χ1) is 12.0. The highest BCUT2D eigenvalue weighted by Crippen LogP contribution is 2.34. The number of hydrogen-bond donors (Lipinski definition) is 0. The predicted octanol–water partition coefficient (Wildman–Crippen LogP) is 3.95. The van der Waals surface area contributed by atoms with E-state index in [2.05, 4.69) is 20.0 Å². The quantitative estimate of drug-likeness (QED) is 0.316. The Morgan fingerprint density at radius 1 is 1.48 bits per heavy atom. The number of halogens is 2. The van der Waals surface area contributed by atoms with Crippen molar-refractivity contribution >= 4 is 23.4 Å². The van der Waals surface area contributed by atoms with E-state index in [1.54, 1.807) is 13.0 Å². The molecule has 0 aliphatic heterocycles. The number of azide groups is 1. The Morgan fingerprint density at radius 3 is 3.00 bits per heavy atom. The minimum atomic E-state index is -0.903. The second-order valence-electron chi connectivity index (χ2n) is 4.27. The number of aromatic nitrogens is 2. The minimum Gasteiger partial charge on any atom is -0.463 e. The summed E-state index contributed by atoms with van der Waals surface area (Å²) in [5, 5.41) is 2.94. The molecule has 0 N–H and O–H groups in total. The molecule has 25 heavy (non-hydrogen) atoms. The topological polar surface area (TPSA) is 119 Å². The molecule has 0 fully saturated rings. The summed E-state index contributed by atoms with van der Waals surface area (Å²) >= 11 is 5.88. The Hall–Kier alpha value is -3.10. The zero-order chi connectivity index (χ0) is 18.2. The van der Waals surface area contributed by atoms with Crippen LogP contribution in [0.15, 0.2) is 29.5 Å². The van der Waals surface area contributed by atoms with Gasteiger partial charge in [0.2, 0.25) is 5.88 Å². The van der Waals surface area contributed by atoms with Crippen LogP contribution in [0, 0.1) is 5.82 Å². The van der Waals surface area contributed by atoms with Crippen LogP contribution in [0.3, 0.4) is 0 Å². The van der Waals surface area contributed by atoms with E-state index in [1.165, 1.54) is 12.3 Å². The van der Waals surface area contributed by atoms with Crippen molar-refractivity contribution in [3.8, 4) is 17.5 Å². The number of rotatable bonds is 7. The summed E-state index contributed by atoms with van der Waals surface area (Å²) in [7, 11) is 0. The van der Waals surface area contributed by atoms with Gasteiger partial charge in [-0.15, -0.1) is 0 Å². The van der Waals surface area contributed by atoms with E-state index < -0.39 is 17.6 Å². The van der Waals surface area contributed by atoms with E-state index in [4.69, 9.17) is 31.3 Å². The van der Waals surface area contributed by atoms with Crippen molar-refractivity contribution in [2.24, 2.45) is 5.11 Å². The number of nitrogens with zero attached hydrogens (tertiary/aromatic N) is 5. The van der Waals surface area contributed by atoms with Gasteiger partial charge in [-0.1, -0.05) is 11.6 Å². The fourth-order valence-corrected chi connectivity index (χ4v) is 1.80. The van der Waals surface area contributed by atoms with Gasteiger partial charge in [-0.25, -0.2) is 19.2 Å². The lowest BCUT2D eigenvalue weighted by Gasteiger charge is -2.11. The molecule has 0 aliphatic carbocycles. The molecular formula is C14H11ClFN5O4. The lowest BCUT2D eigenvalue weighted by atomic mass is 10.4. The molecule has 2 rings (SSSR count). The van der Waals surface area contributed by atoms with Crippen LogP contribution in [0.4, 0.5) is 10.2 Å². The van der Waals surface area contributed by atoms with E-state index in [9.17, 15) is 9.18 Å². The average Bonchev–Trinajstić information content (AvgIpc) is 2.58. The van der Waals surface area contributed by atoms with Crippen molar-refractivity contribution in [3.63, 3.8) is 0 Å². The standard InChI is InChI=1S/C14H11ClFN5O4/c1-2-23-11(22)7-24-14-10(4-3-5-18-14)25-13-8(15)6-9(16)12(19-13)20-21-17/h3-6H,2,7H2,1H3. The van der Waals surface area contributed by atoms with E-state index in [-0.39, 0.29) is 35.7 Å². The number of pyridine rings is 2. The zero-order valence-electron chi connectivity index (χ0n) is 12.8. The Labute approximate surface area is 145 Å². The number of ether oxygens (including phenoxy) is 3. The fraction of sp³-hybridized carbons (Fsp3) is 0.214. The summed E-state index contributed by atoms with van der Waals surface area (Å²) < 4.78 is 29.0. The van der Waals surface area contributed by atoms with Crippen LogP contribution >= 0.6 is 11.6 Å². The molecule has 0 unspecified atom stereocenters. The number of esters is 1. The second kappa shape index (κ2) is 8.67. The van der Waals surface area contributed by atoms with Crippen molar-refractivity contribution in [1.82, 2.24) is 9.97 Å². The highest BCUT2D eigenvalue weighted by molar-refractivity contribution is 6.31. The molecule has 11 heteroatoms. The van der Waals surface area contributed by atoms with Crippen LogP contribution in [0.1, 0.15) is 6.92 Å². The number of carbonyl (C=O) groups is 1. The molecule has 0 saturated carbocycles. The molecule has 0 aromatic carbocycles. The third-order valence-corrected chi connectivity index (χ3v) is 2.86. The minimum absolute atomic E-state index is 0.0249. The van der Waals surface area contributed by atoms with Gasteiger partial charge in [0, 0.05) is 17.2 Å². The second-order valence-corrected chi connectivity index (χ2v) is 4.68. The maximum absolute atomic E-state index is 13.6. The van der Waals surface area contributed by atoms with Gasteiger partial charge in [0.05, 0.1) is 6.61 Å². The molecule has 0 aliphatic rings. The van der Waals surface area contributed by atoms with Crippen LogP contribution < -0.4 is 9.47 Å². The summed E-state index contributed by atoms with van der Waals surface area (Å²) in [6, 6.07) is 3.91. The third-order valence-electron chi connectivity index (χ3n) is 2.59. The van der Waals surface area contributed by atoms with Gasteiger partial charge in [-0.3, -0.25) is 0 Å². The summed E-state index contributed by atoms with van der Waals surface area (Å²) in [5.41, 5.74) is 8.41. The van der Waals surface area contributed by atoms with Crippen LogP contribution in [-0.4, -0.2) is 29.2 Å². The van der Waals surface area contributed by atoms with Crippen LogP contribution in [0.2, 0.25) is 5.02 Å². The van der Waals surface area contributed by atoms with Crippen molar-refractivity contribution in [2.45, 2.75) is 6.92 Å². The molecule has 2 heterocycles. The molecule has 0 radical (unpaired) electrons. The SMILES string of the molecule is CCOC(=O)COc1ncccc1Oc1nc(N=[N+]=[N-])c(F)cc1Cl. The Balaban J connectivity index is 2.24. The molecule has 9 nitrogen and oxygen atoms in total. The molecule has 0 spiro atoms. The molecule has 0 amide bonds. The molecule has 2 aromatic rings.